The van der Waals surface area contributed by atoms with Crippen molar-refractivity contribution in [3.8, 4) is 5.75 Å². The summed E-state index contributed by atoms with van der Waals surface area (Å²) in [6.45, 7) is 2.51. The molecule has 2 aliphatic carbocycles. The van der Waals surface area contributed by atoms with Crippen LogP contribution in [0.3, 0.4) is 0 Å². The van der Waals surface area contributed by atoms with E-state index >= 15 is 0 Å². The van der Waals surface area contributed by atoms with Gasteiger partial charge in [0.05, 0.1) is 7.11 Å². The summed E-state index contributed by atoms with van der Waals surface area (Å²) in [6.07, 6.45) is 7.62. The number of anilines is 1. The molecule has 0 aromatic carbocycles. The van der Waals surface area contributed by atoms with E-state index in [9.17, 15) is 9.59 Å². The summed E-state index contributed by atoms with van der Waals surface area (Å²) in [5.74, 6) is 1.34. The van der Waals surface area contributed by atoms with Gasteiger partial charge in [0.15, 0.2) is 11.6 Å². The highest BCUT2D eigenvalue weighted by atomic mass is 79.9. The molecule has 0 aliphatic heterocycles. The molecule has 9 heteroatoms. The molecule has 2 N–H and O–H groups in total. The minimum absolute atomic E-state index is 0.133. The normalized spacial score (nSPS) is 16.9. The van der Waals surface area contributed by atoms with Gasteiger partial charge >= 0.3 is 0 Å². The van der Waals surface area contributed by atoms with Gasteiger partial charge in [-0.3, -0.25) is 14.3 Å². The first kappa shape index (κ1) is 20.8. The lowest BCUT2D eigenvalue weighted by atomic mass is 9.88. The van der Waals surface area contributed by atoms with E-state index in [0.29, 0.717) is 35.6 Å². The Morgan fingerprint density at radius 2 is 2.00 bits per heavy atom. The molecule has 2 amide bonds. The minimum Gasteiger partial charge on any atom is -0.493 e. The van der Waals surface area contributed by atoms with Gasteiger partial charge < -0.3 is 15.4 Å². The van der Waals surface area contributed by atoms with Gasteiger partial charge in [-0.25, -0.2) is 4.98 Å². The van der Waals surface area contributed by atoms with Crippen molar-refractivity contribution in [2.24, 2.45) is 17.8 Å². The van der Waals surface area contributed by atoms with Crippen LogP contribution in [0.1, 0.15) is 43.1 Å². The Balaban J connectivity index is 1.58. The van der Waals surface area contributed by atoms with E-state index in [1.54, 1.807) is 29.2 Å². The Hall–Kier alpha value is -2.42. The second-order valence-electron chi connectivity index (χ2n) is 7.93. The van der Waals surface area contributed by atoms with E-state index in [4.69, 9.17) is 4.74 Å². The van der Waals surface area contributed by atoms with Gasteiger partial charge in [-0.2, -0.15) is 5.10 Å². The predicted molar refractivity (Wildman–Crippen MR) is 115 cm³/mol. The van der Waals surface area contributed by atoms with Crippen LogP contribution >= 0.6 is 15.9 Å². The molecule has 2 fully saturated rings. The van der Waals surface area contributed by atoms with Crippen molar-refractivity contribution in [1.29, 1.82) is 0 Å². The fraction of sp³-hybridized carbons (Fsp3) is 0.524. The number of amides is 2. The molecule has 160 valence electrons. The number of carbonyl (C=O) groups excluding carboxylic acids is 2. The van der Waals surface area contributed by atoms with Gasteiger partial charge in [-0.1, -0.05) is 0 Å². The lowest BCUT2D eigenvalue weighted by Gasteiger charge is -2.27. The average Bonchev–Trinajstić information content (AvgIpc) is 3.68. The molecule has 0 radical (unpaired) electrons. The van der Waals surface area contributed by atoms with Crippen molar-refractivity contribution < 1.29 is 14.3 Å². The SMILES string of the molecule is CCn1nccc1C(=O)NC(C(=O)Nc1ncc(Br)cc1OC)C(C1CC1)C1CC1. The van der Waals surface area contributed by atoms with E-state index in [1.807, 2.05) is 6.92 Å². The molecule has 1 unspecified atom stereocenters. The molecule has 0 bridgehead atoms. The van der Waals surface area contributed by atoms with Gasteiger partial charge in [0.25, 0.3) is 5.91 Å². The van der Waals surface area contributed by atoms with Crippen LogP contribution in [-0.4, -0.2) is 39.7 Å². The number of ether oxygens (including phenoxy) is 1. The van der Waals surface area contributed by atoms with E-state index in [2.05, 4.69) is 36.6 Å². The zero-order valence-electron chi connectivity index (χ0n) is 17.1. The molecule has 2 aliphatic rings. The molecule has 30 heavy (non-hydrogen) atoms. The largest absolute Gasteiger partial charge is 0.493 e. The molecule has 2 heterocycles. The number of halogens is 1. The molecule has 4 rings (SSSR count). The van der Waals surface area contributed by atoms with E-state index in [1.165, 1.54) is 7.11 Å². The third kappa shape index (κ3) is 4.50. The van der Waals surface area contributed by atoms with Gasteiger partial charge in [-0.15, -0.1) is 0 Å². The van der Waals surface area contributed by atoms with Crippen molar-refractivity contribution in [3.05, 3.63) is 34.7 Å². The average molecular weight is 476 g/mol. The number of carbonyl (C=O) groups is 2. The number of aryl methyl sites for hydroxylation is 1. The standard InChI is InChI=1S/C21H26BrN5O3/c1-3-27-15(8-9-24-27)20(28)25-18(17(12-4-5-12)13-6-7-13)21(29)26-19-16(30-2)10-14(22)11-23-19/h8-13,17-18H,3-7H2,1-2H3,(H,25,28)(H,23,26,29). The van der Waals surface area contributed by atoms with Crippen molar-refractivity contribution >= 4 is 33.6 Å². The fourth-order valence-electron chi connectivity index (χ4n) is 4.09. The van der Waals surface area contributed by atoms with Gasteiger partial charge in [0, 0.05) is 23.4 Å². The lowest BCUT2D eigenvalue weighted by molar-refractivity contribution is -0.119. The molecule has 2 aromatic heterocycles. The maximum Gasteiger partial charge on any atom is 0.270 e. The fourth-order valence-corrected chi connectivity index (χ4v) is 4.40. The van der Waals surface area contributed by atoms with Crippen molar-refractivity contribution in [2.45, 2.75) is 45.2 Å². The number of hydrogen-bond acceptors (Lipinski definition) is 5. The number of nitrogens with zero attached hydrogens (tertiary/aromatic N) is 3. The third-order valence-electron chi connectivity index (χ3n) is 5.82. The Labute approximate surface area is 183 Å². The van der Waals surface area contributed by atoms with Crippen LogP contribution in [0.15, 0.2) is 29.0 Å². The number of pyridine rings is 1. The van der Waals surface area contributed by atoms with Crippen molar-refractivity contribution in [1.82, 2.24) is 20.1 Å². The van der Waals surface area contributed by atoms with Crippen LogP contribution < -0.4 is 15.4 Å². The number of nitrogens with one attached hydrogen (secondary N) is 2. The second kappa shape index (κ2) is 8.75. The highest BCUT2D eigenvalue weighted by molar-refractivity contribution is 9.10. The summed E-state index contributed by atoms with van der Waals surface area (Å²) in [5, 5.41) is 10.1. The zero-order valence-corrected chi connectivity index (χ0v) is 18.7. The summed E-state index contributed by atoms with van der Waals surface area (Å²) in [4.78, 5) is 30.7. The summed E-state index contributed by atoms with van der Waals surface area (Å²) >= 11 is 3.36. The highest BCUT2D eigenvalue weighted by Crippen LogP contribution is 2.51. The first-order valence-corrected chi connectivity index (χ1v) is 11.1. The van der Waals surface area contributed by atoms with Crippen LogP contribution in [-0.2, 0) is 11.3 Å². The van der Waals surface area contributed by atoms with Crippen molar-refractivity contribution in [3.63, 3.8) is 0 Å². The summed E-state index contributed by atoms with van der Waals surface area (Å²) < 4.78 is 7.74. The minimum atomic E-state index is -0.632. The monoisotopic (exact) mass is 475 g/mol. The number of hydrogen-bond donors (Lipinski definition) is 2. The topological polar surface area (TPSA) is 98.1 Å². The van der Waals surface area contributed by atoms with Crippen LogP contribution in [0.2, 0.25) is 0 Å². The van der Waals surface area contributed by atoms with Crippen molar-refractivity contribution in [2.75, 3.05) is 12.4 Å². The Morgan fingerprint density at radius 1 is 1.30 bits per heavy atom. The smallest absolute Gasteiger partial charge is 0.270 e. The molecule has 2 aromatic rings. The van der Waals surface area contributed by atoms with Crippen LogP contribution in [0, 0.1) is 17.8 Å². The zero-order chi connectivity index (χ0) is 21.3. The number of aromatic nitrogens is 3. The molecule has 1 atom stereocenters. The van der Waals surface area contributed by atoms with E-state index in [0.717, 1.165) is 30.2 Å². The second-order valence-corrected chi connectivity index (χ2v) is 8.84. The maximum atomic E-state index is 13.4. The molecule has 2 saturated carbocycles. The summed E-state index contributed by atoms with van der Waals surface area (Å²) in [5.41, 5.74) is 0.458. The number of rotatable bonds is 9. The molecule has 8 nitrogen and oxygen atoms in total. The van der Waals surface area contributed by atoms with Gasteiger partial charge in [0.1, 0.15) is 11.7 Å². The maximum absolute atomic E-state index is 13.4. The predicted octanol–water partition coefficient (Wildman–Crippen LogP) is 3.24. The number of methoxy groups -OCH3 is 1. The summed E-state index contributed by atoms with van der Waals surface area (Å²) in [6, 6.07) is 2.79. The quantitative estimate of drug-likeness (QED) is 0.579. The molecule has 0 spiro atoms. The van der Waals surface area contributed by atoms with E-state index in [-0.39, 0.29) is 17.7 Å². The summed E-state index contributed by atoms with van der Waals surface area (Å²) in [7, 11) is 1.53. The lowest BCUT2D eigenvalue weighted by Crippen LogP contribution is -2.50. The van der Waals surface area contributed by atoms with Crippen LogP contribution in [0.25, 0.3) is 0 Å². The van der Waals surface area contributed by atoms with Gasteiger partial charge in [0.2, 0.25) is 5.91 Å². The van der Waals surface area contributed by atoms with Crippen LogP contribution in [0.5, 0.6) is 5.75 Å². The third-order valence-corrected chi connectivity index (χ3v) is 6.25. The van der Waals surface area contributed by atoms with Gasteiger partial charge in [-0.05, 0) is 78.4 Å². The molecular formula is C21H26BrN5O3. The highest BCUT2D eigenvalue weighted by Gasteiger charge is 2.48. The Morgan fingerprint density at radius 3 is 2.60 bits per heavy atom. The first-order valence-electron chi connectivity index (χ1n) is 10.3. The van der Waals surface area contributed by atoms with Crippen LogP contribution in [0.4, 0.5) is 5.82 Å². The first-order chi connectivity index (χ1) is 14.5. The molecule has 0 saturated heterocycles. The molecular weight excluding hydrogens is 450 g/mol. The van der Waals surface area contributed by atoms with E-state index < -0.39 is 6.04 Å². The Kier molecular flexibility index (Phi) is 6.08. The Bertz CT molecular complexity index is 926.